The second kappa shape index (κ2) is 16.2. The Bertz CT molecular complexity index is 4090. The Morgan fingerprint density at radius 1 is 0.214 bits per heavy atom. The van der Waals surface area contributed by atoms with E-state index in [9.17, 15) is 0 Å². The fraction of sp³-hybridized carbons (Fsp3) is 0. The first-order valence-corrected chi connectivity index (χ1v) is 23.7. The maximum Gasteiger partial charge on any atom is 0.143 e. The average molecular weight is 896 g/mol. The summed E-state index contributed by atoms with van der Waals surface area (Å²) in [5.41, 5.74) is 19.9. The van der Waals surface area contributed by atoms with Gasteiger partial charge in [-0.2, -0.15) is 0 Å². The topological polar surface area (TPSA) is 42.7 Å². The van der Waals surface area contributed by atoms with E-state index in [4.69, 9.17) is 13.3 Å². The molecule has 0 bridgehead atoms. The van der Waals surface area contributed by atoms with Crippen molar-refractivity contribution < 1.29 is 13.3 Å². The third kappa shape index (κ3) is 6.69. The average Bonchev–Trinajstić information content (AvgIpc) is 4.13. The van der Waals surface area contributed by atoms with Crippen LogP contribution in [0.4, 0.5) is 17.1 Å². The number of anilines is 3. The Labute approximate surface area is 403 Å². The molecule has 0 spiro atoms. The molecular weight excluding hydrogens is 855 g/mol. The molecule has 0 atom stereocenters. The van der Waals surface area contributed by atoms with Crippen molar-refractivity contribution in [1.29, 1.82) is 0 Å². The minimum Gasteiger partial charge on any atom is -0.456 e. The highest BCUT2D eigenvalue weighted by Gasteiger charge is 2.18. The van der Waals surface area contributed by atoms with Crippen molar-refractivity contribution in [2.45, 2.75) is 0 Å². The summed E-state index contributed by atoms with van der Waals surface area (Å²) < 4.78 is 19.0. The van der Waals surface area contributed by atoms with Gasteiger partial charge in [0, 0.05) is 60.5 Å². The third-order valence-corrected chi connectivity index (χ3v) is 14.0. The van der Waals surface area contributed by atoms with Gasteiger partial charge >= 0.3 is 0 Å². The van der Waals surface area contributed by atoms with E-state index in [1.165, 1.54) is 22.3 Å². The minimum atomic E-state index is 0.896. The highest BCUT2D eigenvalue weighted by atomic mass is 16.3. The van der Waals surface area contributed by atoms with E-state index in [2.05, 4.69) is 217 Å². The van der Waals surface area contributed by atoms with Crippen LogP contribution in [0.5, 0.6) is 0 Å². The van der Waals surface area contributed by atoms with Gasteiger partial charge < -0.3 is 18.2 Å². The van der Waals surface area contributed by atoms with E-state index in [1.807, 2.05) is 36.4 Å². The first-order valence-electron chi connectivity index (χ1n) is 23.7. The number of fused-ring (bicyclic) bond motifs is 9. The summed E-state index contributed by atoms with van der Waals surface area (Å²) in [6.45, 7) is 0. The van der Waals surface area contributed by atoms with Gasteiger partial charge in [-0.1, -0.05) is 182 Å². The molecule has 0 amide bonds. The van der Waals surface area contributed by atoms with Crippen molar-refractivity contribution in [1.82, 2.24) is 0 Å². The number of nitrogens with zero attached hydrogens (tertiary/aromatic N) is 1. The van der Waals surface area contributed by atoms with Crippen LogP contribution in [0.15, 0.2) is 262 Å². The number of benzene rings is 11. The molecule has 4 nitrogen and oxygen atoms in total. The molecule has 70 heavy (non-hydrogen) atoms. The number of furan rings is 3. The summed E-state index contributed by atoms with van der Waals surface area (Å²) in [6.07, 6.45) is 0. The summed E-state index contributed by atoms with van der Waals surface area (Å²) in [5, 5.41) is 6.77. The molecule has 0 unspecified atom stereocenters. The normalized spacial score (nSPS) is 11.7. The molecule has 0 fully saturated rings. The second-order valence-corrected chi connectivity index (χ2v) is 18.0. The number of hydrogen-bond acceptors (Lipinski definition) is 4. The summed E-state index contributed by atoms with van der Waals surface area (Å²) in [5.74, 6) is 0. The monoisotopic (exact) mass is 895 g/mol. The molecule has 0 saturated carbocycles. The van der Waals surface area contributed by atoms with Crippen LogP contribution in [0, 0.1) is 0 Å². The molecule has 3 aromatic heterocycles. The van der Waals surface area contributed by atoms with E-state index >= 15 is 0 Å². The maximum absolute atomic E-state index is 6.44. The maximum atomic E-state index is 6.44. The number of rotatable bonds is 8. The van der Waals surface area contributed by atoms with Gasteiger partial charge in [0.2, 0.25) is 0 Å². The lowest BCUT2D eigenvalue weighted by Gasteiger charge is -2.26. The lowest BCUT2D eigenvalue weighted by atomic mass is 9.97. The number of para-hydroxylation sites is 5. The van der Waals surface area contributed by atoms with Crippen LogP contribution >= 0.6 is 0 Å². The van der Waals surface area contributed by atoms with E-state index < -0.39 is 0 Å². The molecule has 0 aliphatic heterocycles. The first kappa shape index (κ1) is 39.8. The molecule has 4 heteroatoms. The fourth-order valence-electron chi connectivity index (χ4n) is 10.4. The highest BCUT2D eigenvalue weighted by molar-refractivity contribution is 6.11. The van der Waals surface area contributed by atoms with Gasteiger partial charge in [0.15, 0.2) is 0 Å². The summed E-state index contributed by atoms with van der Waals surface area (Å²) >= 11 is 0. The molecule has 14 aromatic rings. The standard InChI is InChI=1S/C66H41NO3/c1-5-17-62-55(9-1)58-14-7-12-53(65(58)69-62)47-29-36-51(37-30-47)67(52-38-31-48(32-39-52)54-13-8-15-59-56-10-2-6-18-63(56)70-66(54)59)50-34-27-45(28-35-50)44-21-19-42(20-22-44)43-23-25-46(26-24-43)49-33-40-64-60(41-49)57-11-3-4-16-61(57)68-64/h1-41H. The van der Waals surface area contributed by atoms with Gasteiger partial charge in [-0.05, 0) is 111 Å². The zero-order valence-electron chi connectivity index (χ0n) is 37.8. The van der Waals surface area contributed by atoms with Gasteiger partial charge in [-0.25, -0.2) is 0 Å². The van der Waals surface area contributed by atoms with E-state index in [1.54, 1.807) is 0 Å². The minimum absolute atomic E-state index is 0.896. The largest absolute Gasteiger partial charge is 0.456 e. The van der Waals surface area contributed by atoms with Crippen LogP contribution in [0.3, 0.4) is 0 Å². The van der Waals surface area contributed by atoms with Crippen molar-refractivity contribution in [3.8, 4) is 55.6 Å². The van der Waals surface area contributed by atoms with Crippen molar-refractivity contribution in [3.05, 3.63) is 249 Å². The predicted molar refractivity (Wildman–Crippen MR) is 290 cm³/mol. The van der Waals surface area contributed by atoms with Crippen LogP contribution in [-0.4, -0.2) is 0 Å². The van der Waals surface area contributed by atoms with Crippen LogP contribution in [0.1, 0.15) is 0 Å². The van der Waals surface area contributed by atoms with Crippen molar-refractivity contribution >= 4 is 82.9 Å². The van der Waals surface area contributed by atoms with Gasteiger partial charge in [-0.15, -0.1) is 0 Å². The molecule has 0 aliphatic rings. The van der Waals surface area contributed by atoms with Gasteiger partial charge in [0.05, 0.1) is 0 Å². The zero-order chi connectivity index (χ0) is 46.1. The number of hydrogen-bond donors (Lipinski definition) is 0. The van der Waals surface area contributed by atoms with Crippen molar-refractivity contribution in [2.75, 3.05) is 4.90 Å². The third-order valence-electron chi connectivity index (χ3n) is 14.0. The van der Waals surface area contributed by atoms with Crippen molar-refractivity contribution in [3.63, 3.8) is 0 Å². The molecule has 3 heterocycles. The Hall–Kier alpha value is -9.38. The van der Waals surface area contributed by atoms with E-state index in [0.29, 0.717) is 0 Å². The summed E-state index contributed by atoms with van der Waals surface area (Å²) in [6, 6.07) is 88.2. The molecule has 14 rings (SSSR count). The summed E-state index contributed by atoms with van der Waals surface area (Å²) in [4.78, 5) is 2.32. The molecule has 0 saturated heterocycles. The quantitative estimate of drug-likeness (QED) is 0.152. The molecule has 0 aliphatic carbocycles. The molecule has 11 aromatic carbocycles. The Balaban J connectivity index is 0.775. The SMILES string of the molecule is c1ccc2c(c1)oc1ccc(-c3ccc(-c4ccc(-c5ccc(N(c6ccc(-c7cccc8c7oc7ccccc78)cc6)c6ccc(-c7cccc8c7oc7ccccc78)cc6)cc5)cc4)cc3)cc12. The second-order valence-electron chi connectivity index (χ2n) is 18.0. The fourth-order valence-corrected chi connectivity index (χ4v) is 10.4. The highest BCUT2D eigenvalue weighted by Crippen LogP contribution is 2.42. The molecular formula is C66H41NO3. The van der Waals surface area contributed by atoms with Gasteiger partial charge in [0.1, 0.15) is 33.5 Å². The molecule has 0 N–H and O–H groups in total. The van der Waals surface area contributed by atoms with E-state index in [0.717, 1.165) is 116 Å². The summed E-state index contributed by atoms with van der Waals surface area (Å²) in [7, 11) is 0. The zero-order valence-corrected chi connectivity index (χ0v) is 37.8. The Morgan fingerprint density at radius 3 is 0.971 bits per heavy atom. The van der Waals surface area contributed by atoms with Gasteiger partial charge in [0.25, 0.3) is 0 Å². The van der Waals surface area contributed by atoms with Crippen molar-refractivity contribution in [2.24, 2.45) is 0 Å². The molecule has 328 valence electrons. The van der Waals surface area contributed by atoms with Gasteiger partial charge in [-0.3, -0.25) is 0 Å². The lowest BCUT2D eigenvalue weighted by molar-refractivity contribution is 0.669. The Kier molecular flexibility index (Phi) is 9.17. The predicted octanol–water partition coefficient (Wildman–Crippen LogP) is 19.2. The first-order chi connectivity index (χ1) is 34.7. The van der Waals surface area contributed by atoms with Crippen LogP contribution in [0.2, 0.25) is 0 Å². The molecule has 0 radical (unpaired) electrons. The Morgan fingerprint density at radius 2 is 0.529 bits per heavy atom. The van der Waals surface area contributed by atoms with Crippen LogP contribution < -0.4 is 4.90 Å². The smallest absolute Gasteiger partial charge is 0.143 e. The lowest BCUT2D eigenvalue weighted by Crippen LogP contribution is -2.09. The van der Waals surface area contributed by atoms with Crippen LogP contribution in [0.25, 0.3) is 121 Å². The van der Waals surface area contributed by atoms with E-state index in [-0.39, 0.29) is 0 Å². The van der Waals surface area contributed by atoms with Crippen LogP contribution in [-0.2, 0) is 0 Å².